The third-order valence-corrected chi connectivity index (χ3v) is 4.57. The molecule has 3 aromatic carbocycles. The minimum atomic E-state index is -1.06. The first kappa shape index (κ1) is 18.6. The molecule has 0 amide bonds. The lowest BCUT2D eigenvalue weighted by Crippen LogP contribution is -2.42. The Kier molecular flexibility index (Phi) is 6.16. The van der Waals surface area contributed by atoms with Gasteiger partial charge < -0.3 is 4.74 Å². The number of benzene rings is 3. The van der Waals surface area contributed by atoms with Crippen LogP contribution in [0.1, 0.15) is 16.7 Å². The molecule has 0 fully saturated rings. The van der Waals surface area contributed by atoms with Crippen LogP contribution in [0.5, 0.6) is 0 Å². The third kappa shape index (κ3) is 4.91. The summed E-state index contributed by atoms with van der Waals surface area (Å²) in [5, 5.41) is 0. The van der Waals surface area contributed by atoms with Crippen molar-refractivity contribution in [3.05, 3.63) is 108 Å². The summed E-state index contributed by atoms with van der Waals surface area (Å²) in [6.45, 7) is 3.97. The van der Waals surface area contributed by atoms with E-state index in [0.717, 1.165) is 16.7 Å². The van der Waals surface area contributed by atoms with Gasteiger partial charge in [-0.15, -0.1) is 0 Å². The number of hydrogen-bond donors (Lipinski definition) is 0. The Balaban J connectivity index is 1.85. The first-order valence-corrected chi connectivity index (χ1v) is 8.99. The van der Waals surface area contributed by atoms with E-state index >= 15 is 0 Å². The second-order valence-electron chi connectivity index (χ2n) is 6.58. The molecular weight excluding hydrogens is 334 g/mol. The van der Waals surface area contributed by atoms with Crippen LogP contribution in [0.15, 0.2) is 96.0 Å². The number of carbonyl (C=O) groups excluding carboxylic acids is 1. The minimum Gasteiger partial charge on any atom is -0.459 e. The molecule has 0 saturated carbocycles. The molecule has 0 bridgehead atoms. The summed E-state index contributed by atoms with van der Waals surface area (Å²) < 4.78 is 5.66. The number of carbonyl (C=O) groups is 1. The van der Waals surface area contributed by atoms with Crippen LogP contribution in [0, 0.1) is 0 Å². The first-order chi connectivity index (χ1) is 13.2. The predicted octanol–water partition coefficient (Wildman–Crippen LogP) is 4.65. The molecular formula is C24H23NO2. The lowest BCUT2D eigenvalue weighted by molar-refractivity contribution is -0.151. The second-order valence-corrected chi connectivity index (χ2v) is 6.58. The molecule has 0 unspecified atom stereocenters. The molecule has 3 nitrogen and oxygen atoms in total. The Labute approximate surface area is 160 Å². The van der Waals surface area contributed by atoms with E-state index in [-0.39, 0.29) is 12.6 Å². The Bertz CT molecular complexity index is 819. The van der Waals surface area contributed by atoms with Crippen LogP contribution >= 0.6 is 0 Å². The topological polar surface area (TPSA) is 38.7 Å². The van der Waals surface area contributed by atoms with Gasteiger partial charge in [-0.3, -0.25) is 4.99 Å². The zero-order chi connectivity index (χ0) is 19.0. The molecule has 0 N–H and O–H groups in total. The molecule has 0 spiro atoms. The van der Waals surface area contributed by atoms with Gasteiger partial charge in [0.15, 0.2) is 5.54 Å². The normalized spacial score (nSPS) is 11.0. The standard InChI is InChI=1S/C24H23NO2/c1-25-24(17-20-11-5-2-6-12-20,18-21-13-7-3-8-14-21)23(26)27-19-22-15-9-4-10-16-22/h2-16H,1,17-19H2. The van der Waals surface area contributed by atoms with Crippen molar-refractivity contribution in [2.75, 3.05) is 0 Å². The molecule has 0 aliphatic rings. The summed E-state index contributed by atoms with van der Waals surface area (Å²) in [4.78, 5) is 17.4. The Hall–Kier alpha value is -3.20. The minimum absolute atomic E-state index is 0.223. The Morgan fingerprint density at radius 3 is 1.56 bits per heavy atom. The first-order valence-electron chi connectivity index (χ1n) is 8.99. The Morgan fingerprint density at radius 2 is 1.15 bits per heavy atom. The zero-order valence-electron chi connectivity index (χ0n) is 15.3. The largest absolute Gasteiger partial charge is 0.459 e. The van der Waals surface area contributed by atoms with Gasteiger partial charge in [-0.05, 0) is 23.4 Å². The summed E-state index contributed by atoms with van der Waals surface area (Å²) in [7, 11) is 0. The number of aliphatic imine (C=N–C) groups is 1. The lowest BCUT2D eigenvalue weighted by Gasteiger charge is -2.28. The van der Waals surface area contributed by atoms with Crippen molar-refractivity contribution in [3.63, 3.8) is 0 Å². The molecule has 27 heavy (non-hydrogen) atoms. The van der Waals surface area contributed by atoms with Crippen molar-refractivity contribution in [1.82, 2.24) is 0 Å². The monoisotopic (exact) mass is 357 g/mol. The average molecular weight is 357 g/mol. The fourth-order valence-electron chi connectivity index (χ4n) is 3.11. The van der Waals surface area contributed by atoms with Crippen molar-refractivity contribution in [1.29, 1.82) is 0 Å². The highest BCUT2D eigenvalue weighted by Gasteiger charge is 2.39. The second kappa shape index (κ2) is 8.95. The summed E-state index contributed by atoms with van der Waals surface area (Å²) >= 11 is 0. The molecule has 0 heterocycles. The van der Waals surface area contributed by atoms with Crippen LogP contribution in [-0.4, -0.2) is 18.2 Å². The van der Waals surface area contributed by atoms with Crippen molar-refractivity contribution >= 4 is 12.7 Å². The Morgan fingerprint density at radius 1 is 0.741 bits per heavy atom. The third-order valence-electron chi connectivity index (χ3n) is 4.57. The molecule has 3 aromatic rings. The molecule has 3 rings (SSSR count). The van der Waals surface area contributed by atoms with Crippen molar-refractivity contribution in [2.45, 2.75) is 25.0 Å². The van der Waals surface area contributed by atoms with E-state index in [2.05, 4.69) is 11.7 Å². The summed E-state index contributed by atoms with van der Waals surface area (Å²) in [5.41, 5.74) is 1.94. The number of nitrogens with zero attached hydrogens (tertiary/aromatic N) is 1. The van der Waals surface area contributed by atoms with E-state index in [1.807, 2.05) is 91.0 Å². The fourth-order valence-corrected chi connectivity index (χ4v) is 3.11. The van der Waals surface area contributed by atoms with Crippen molar-refractivity contribution in [2.24, 2.45) is 4.99 Å². The van der Waals surface area contributed by atoms with Gasteiger partial charge in [0.1, 0.15) is 6.61 Å². The number of hydrogen-bond acceptors (Lipinski definition) is 3. The van der Waals surface area contributed by atoms with E-state index in [1.165, 1.54) is 0 Å². The summed E-state index contributed by atoms with van der Waals surface area (Å²) in [6.07, 6.45) is 0.889. The number of ether oxygens (including phenoxy) is 1. The van der Waals surface area contributed by atoms with Crippen molar-refractivity contribution < 1.29 is 9.53 Å². The van der Waals surface area contributed by atoms with E-state index < -0.39 is 5.54 Å². The summed E-state index contributed by atoms with van der Waals surface area (Å²) in [6, 6.07) is 29.4. The van der Waals surface area contributed by atoms with Crippen molar-refractivity contribution in [3.8, 4) is 0 Å². The maximum absolute atomic E-state index is 13.1. The molecule has 0 atom stereocenters. The molecule has 0 radical (unpaired) electrons. The SMILES string of the molecule is C=NC(Cc1ccccc1)(Cc1ccccc1)C(=O)OCc1ccccc1. The molecule has 3 heteroatoms. The lowest BCUT2D eigenvalue weighted by atomic mass is 9.85. The zero-order valence-corrected chi connectivity index (χ0v) is 15.3. The highest BCUT2D eigenvalue weighted by Crippen LogP contribution is 2.25. The van der Waals surface area contributed by atoms with Gasteiger partial charge in [0.2, 0.25) is 0 Å². The molecule has 0 saturated heterocycles. The number of esters is 1. The van der Waals surface area contributed by atoms with E-state index in [9.17, 15) is 4.79 Å². The maximum Gasteiger partial charge on any atom is 0.335 e. The number of rotatable bonds is 8. The quantitative estimate of drug-likeness (QED) is 0.435. The van der Waals surface area contributed by atoms with Crippen LogP contribution < -0.4 is 0 Å². The van der Waals surface area contributed by atoms with Gasteiger partial charge in [-0.1, -0.05) is 91.0 Å². The van der Waals surface area contributed by atoms with Gasteiger partial charge in [-0.25, -0.2) is 4.79 Å². The highest BCUT2D eigenvalue weighted by molar-refractivity contribution is 5.83. The van der Waals surface area contributed by atoms with Crippen LogP contribution in [0.25, 0.3) is 0 Å². The van der Waals surface area contributed by atoms with Gasteiger partial charge in [-0.2, -0.15) is 0 Å². The smallest absolute Gasteiger partial charge is 0.335 e. The van der Waals surface area contributed by atoms with Crippen LogP contribution in [0.3, 0.4) is 0 Å². The van der Waals surface area contributed by atoms with Gasteiger partial charge in [0.05, 0.1) is 0 Å². The summed E-state index contributed by atoms with van der Waals surface area (Å²) in [5.74, 6) is -0.353. The predicted molar refractivity (Wildman–Crippen MR) is 109 cm³/mol. The van der Waals surface area contributed by atoms with Gasteiger partial charge in [0, 0.05) is 12.8 Å². The fraction of sp³-hybridized carbons (Fsp3) is 0.167. The highest BCUT2D eigenvalue weighted by atomic mass is 16.5. The molecule has 0 aliphatic heterocycles. The van der Waals surface area contributed by atoms with Crippen LogP contribution in [0.2, 0.25) is 0 Å². The van der Waals surface area contributed by atoms with E-state index in [4.69, 9.17) is 4.74 Å². The van der Waals surface area contributed by atoms with Crippen LogP contribution in [-0.2, 0) is 29.0 Å². The molecule has 0 aromatic heterocycles. The van der Waals surface area contributed by atoms with Crippen LogP contribution in [0.4, 0.5) is 0 Å². The maximum atomic E-state index is 13.1. The van der Waals surface area contributed by atoms with E-state index in [1.54, 1.807) is 0 Å². The average Bonchev–Trinajstić information content (AvgIpc) is 2.73. The van der Waals surface area contributed by atoms with Gasteiger partial charge in [0.25, 0.3) is 0 Å². The van der Waals surface area contributed by atoms with E-state index in [0.29, 0.717) is 12.8 Å². The molecule has 136 valence electrons. The van der Waals surface area contributed by atoms with Gasteiger partial charge >= 0.3 is 5.97 Å². The molecule has 0 aliphatic carbocycles.